The van der Waals surface area contributed by atoms with E-state index in [1.165, 1.54) is 0 Å². The molecule has 3 heterocycles. The van der Waals surface area contributed by atoms with E-state index in [0.29, 0.717) is 5.92 Å². The van der Waals surface area contributed by atoms with E-state index in [4.69, 9.17) is 4.52 Å². The van der Waals surface area contributed by atoms with Gasteiger partial charge in [0.05, 0.1) is 12.0 Å². The fourth-order valence-electron chi connectivity index (χ4n) is 3.28. The molecule has 0 radical (unpaired) electrons. The molecule has 0 aromatic carbocycles. The van der Waals surface area contributed by atoms with Crippen molar-refractivity contribution in [2.24, 2.45) is 5.92 Å². The van der Waals surface area contributed by atoms with E-state index < -0.39 is 0 Å². The van der Waals surface area contributed by atoms with Gasteiger partial charge >= 0.3 is 0 Å². The predicted molar refractivity (Wildman–Crippen MR) is 92.1 cm³/mol. The van der Waals surface area contributed by atoms with E-state index in [2.05, 4.69) is 15.0 Å². The minimum atomic E-state index is 0.102. The van der Waals surface area contributed by atoms with Gasteiger partial charge in [-0.1, -0.05) is 5.16 Å². The molecule has 1 aliphatic rings. The molecule has 0 atom stereocenters. The summed E-state index contributed by atoms with van der Waals surface area (Å²) in [6.07, 6.45) is 4.85. The second kappa shape index (κ2) is 7.30. The van der Waals surface area contributed by atoms with Gasteiger partial charge in [0, 0.05) is 36.8 Å². The maximum Gasteiger partial charge on any atom is 0.256 e. The molecular formula is C18H26N4O2. The van der Waals surface area contributed by atoms with Crippen molar-refractivity contribution in [2.75, 3.05) is 19.6 Å². The molecular weight excluding hydrogens is 304 g/mol. The zero-order valence-corrected chi connectivity index (χ0v) is 14.8. The molecule has 0 spiro atoms. The topological polar surface area (TPSA) is 64.2 Å². The summed E-state index contributed by atoms with van der Waals surface area (Å²) < 4.78 is 7.05. The predicted octanol–water partition coefficient (Wildman–Crippen LogP) is 2.11. The number of hydrogen-bond acceptors (Lipinski definition) is 5. The van der Waals surface area contributed by atoms with Gasteiger partial charge in [0.25, 0.3) is 5.56 Å². The van der Waals surface area contributed by atoms with Crippen molar-refractivity contribution in [1.82, 2.24) is 19.6 Å². The van der Waals surface area contributed by atoms with Crippen LogP contribution in [0.1, 0.15) is 35.6 Å². The molecule has 1 aliphatic heterocycles. The maximum atomic E-state index is 12.3. The number of nitrogens with zero attached hydrogens (tertiary/aromatic N) is 4. The third-order valence-corrected chi connectivity index (χ3v) is 5.03. The van der Waals surface area contributed by atoms with Gasteiger partial charge in [-0.25, -0.2) is 4.98 Å². The Kier molecular flexibility index (Phi) is 5.14. The lowest BCUT2D eigenvalue weighted by Crippen LogP contribution is -2.37. The van der Waals surface area contributed by atoms with E-state index in [0.717, 1.165) is 68.2 Å². The summed E-state index contributed by atoms with van der Waals surface area (Å²) in [7, 11) is 0. The summed E-state index contributed by atoms with van der Waals surface area (Å²) in [6.45, 7) is 9.62. The number of likely N-dealkylation sites (tertiary alicyclic amines) is 1. The number of piperidine rings is 1. The van der Waals surface area contributed by atoms with Crippen LogP contribution in [0, 0.1) is 26.7 Å². The zero-order chi connectivity index (χ0) is 17.1. The van der Waals surface area contributed by atoms with Crippen LogP contribution in [0.2, 0.25) is 0 Å². The number of rotatable bonds is 5. The first kappa shape index (κ1) is 16.9. The van der Waals surface area contributed by atoms with E-state index >= 15 is 0 Å². The van der Waals surface area contributed by atoms with Crippen molar-refractivity contribution >= 4 is 0 Å². The first-order chi connectivity index (χ1) is 11.5. The molecule has 1 fully saturated rings. The third kappa shape index (κ3) is 3.93. The van der Waals surface area contributed by atoms with Gasteiger partial charge in [-0.3, -0.25) is 9.36 Å². The van der Waals surface area contributed by atoms with E-state index in [-0.39, 0.29) is 5.56 Å². The highest BCUT2D eigenvalue weighted by molar-refractivity contribution is 5.12. The van der Waals surface area contributed by atoms with E-state index in [1.54, 1.807) is 10.9 Å². The van der Waals surface area contributed by atoms with Crippen molar-refractivity contribution in [3.63, 3.8) is 0 Å². The van der Waals surface area contributed by atoms with Gasteiger partial charge < -0.3 is 9.42 Å². The number of hydrogen-bond donors (Lipinski definition) is 0. The minimum Gasteiger partial charge on any atom is -0.361 e. The highest BCUT2D eigenvalue weighted by Gasteiger charge is 2.20. The van der Waals surface area contributed by atoms with Gasteiger partial charge in [0.1, 0.15) is 5.76 Å². The second-order valence-corrected chi connectivity index (χ2v) is 6.88. The van der Waals surface area contributed by atoms with Crippen LogP contribution in [-0.2, 0) is 13.0 Å². The molecule has 0 amide bonds. The Morgan fingerprint density at radius 3 is 2.67 bits per heavy atom. The molecule has 2 aromatic rings. The van der Waals surface area contributed by atoms with Crippen molar-refractivity contribution in [2.45, 2.75) is 46.6 Å². The molecule has 0 saturated carbocycles. The second-order valence-electron chi connectivity index (χ2n) is 6.88. The molecule has 0 unspecified atom stereocenters. The molecule has 24 heavy (non-hydrogen) atoms. The summed E-state index contributed by atoms with van der Waals surface area (Å²) in [5.74, 6) is 1.51. The summed E-state index contributed by atoms with van der Waals surface area (Å²) >= 11 is 0. The first-order valence-corrected chi connectivity index (χ1v) is 8.70. The van der Waals surface area contributed by atoms with Gasteiger partial charge in [-0.15, -0.1) is 0 Å². The van der Waals surface area contributed by atoms with Gasteiger partial charge in [0.2, 0.25) is 0 Å². The zero-order valence-electron chi connectivity index (χ0n) is 14.8. The van der Waals surface area contributed by atoms with Crippen molar-refractivity contribution < 1.29 is 4.52 Å². The monoisotopic (exact) mass is 330 g/mol. The van der Waals surface area contributed by atoms with Gasteiger partial charge in [0.15, 0.2) is 0 Å². The normalized spacial score (nSPS) is 16.6. The Bertz CT molecular complexity index is 742. The molecule has 0 N–H and O–H groups in total. The van der Waals surface area contributed by atoms with Crippen LogP contribution in [0.15, 0.2) is 21.7 Å². The SMILES string of the molecule is Cc1cc(CCN2CCC(Cn3cnc(C)c(C)c3=O)CC2)on1. The van der Waals surface area contributed by atoms with Crippen molar-refractivity contribution in [3.05, 3.63) is 45.5 Å². The van der Waals surface area contributed by atoms with Crippen LogP contribution in [-0.4, -0.2) is 39.2 Å². The molecule has 6 nitrogen and oxygen atoms in total. The third-order valence-electron chi connectivity index (χ3n) is 5.03. The van der Waals surface area contributed by atoms with Crippen LogP contribution < -0.4 is 5.56 Å². The largest absolute Gasteiger partial charge is 0.361 e. The highest BCUT2D eigenvalue weighted by atomic mass is 16.5. The Balaban J connectivity index is 1.48. The summed E-state index contributed by atoms with van der Waals surface area (Å²) in [5.41, 5.74) is 2.63. The van der Waals surface area contributed by atoms with Crippen LogP contribution >= 0.6 is 0 Å². The molecule has 130 valence electrons. The summed E-state index contributed by atoms with van der Waals surface area (Å²) in [5, 5.41) is 3.93. The van der Waals surface area contributed by atoms with Gasteiger partial charge in [-0.2, -0.15) is 0 Å². The number of aromatic nitrogens is 3. The Labute approximate surface area is 142 Å². The molecule has 2 aromatic heterocycles. The lowest BCUT2D eigenvalue weighted by atomic mass is 9.96. The Hall–Kier alpha value is -1.95. The fourth-order valence-corrected chi connectivity index (χ4v) is 3.28. The summed E-state index contributed by atoms with van der Waals surface area (Å²) in [6, 6.07) is 2.01. The molecule has 3 rings (SSSR count). The van der Waals surface area contributed by atoms with Crippen LogP contribution in [0.4, 0.5) is 0 Å². The lowest BCUT2D eigenvalue weighted by Gasteiger charge is -2.31. The lowest BCUT2D eigenvalue weighted by molar-refractivity contribution is 0.171. The molecule has 1 saturated heterocycles. The van der Waals surface area contributed by atoms with Crippen molar-refractivity contribution in [3.8, 4) is 0 Å². The molecule has 0 bridgehead atoms. The maximum absolute atomic E-state index is 12.3. The van der Waals surface area contributed by atoms with Crippen molar-refractivity contribution in [1.29, 1.82) is 0 Å². The van der Waals surface area contributed by atoms with Crippen LogP contribution in [0.3, 0.4) is 0 Å². The summed E-state index contributed by atoms with van der Waals surface area (Å²) in [4.78, 5) is 19.1. The Morgan fingerprint density at radius 1 is 1.25 bits per heavy atom. The highest BCUT2D eigenvalue weighted by Crippen LogP contribution is 2.19. The standard InChI is InChI=1S/C18H26N4O2/c1-13-10-17(24-20-13)6-9-21-7-4-16(5-8-21)11-22-12-19-15(3)14(2)18(22)23/h10,12,16H,4-9,11H2,1-3H3. The minimum absolute atomic E-state index is 0.102. The average molecular weight is 330 g/mol. The first-order valence-electron chi connectivity index (χ1n) is 8.70. The van der Waals surface area contributed by atoms with E-state index in [9.17, 15) is 4.79 Å². The van der Waals surface area contributed by atoms with E-state index in [1.807, 2.05) is 26.8 Å². The van der Waals surface area contributed by atoms with Gasteiger partial charge in [-0.05, 0) is 52.6 Å². The molecule has 0 aliphatic carbocycles. The number of aryl methyl sites for hydroxylation is 2. The van der Waals surface area contributed by atoms with Crippen LogP contribution in [0.25, 0.3) is 0 Å². The fraction of sp³-hybridized carbons (Fsp3) is 0.611. The molecule has 6 heteroatoms. The Morgan fingerprint density at radius 2 is 2.00 bits per heavy atom. The smallest absolute Gasteiger partial charge is 0.256 e. The van der Waals surface area contributed by atoms with Crippen LogP contribution in [0.5, 0.6) is 0 Å². The quantitative estimate of drug-likeness (QED) is 0.840. The average Bonchev–Trinajstić information content (AvgIpc) is 3.00.